The van der Waals surface area contributed by atoms with Crippen LogP contribution < -0.4 is 5.32 Å². The molecule has 0 aliphatic heterocycles. The van der Waals surface area contributed by atoms with Gasteiger partial charge in [-0.15, -0.1) is 11.8 Å². The van der Waals surface area contributed by atoms with E-state index in [2.05, 4.69) is 5.32 Å². The number of rotatable bonds is 8. The second kappa shape index (κ2) is 10.4. The highest BCUT2D eigenvalue weighted by Crippen LogP contribution is 2.21. The standard InChI is InChI=1S/C23H27FN2O2S/c1-17(23(28)25-19-10-6-7-11-19)26(15-18-9-5-8-14-21(18)24)22(27)16-29-20-12-3-2-4-13-20/h2-5,8-9,12-14,17,19H,6-7,10-11,15-16H2,1H3,(H,25,28). The topological polar surface area (TPSA) is 49.4 Å². The first-order valence-electron chi connectivity index (χ1n) is 10.1. The van der Waals surface area contributed by atoms with Gasteiger partial charge in [0.05, 0.1) is 5.75 Å². The smallest absolute Gasteiger partial charge is 0.242 e. The molecule has 1 aliphatic carbocycles. The van der Waals surface area contributed by atoms with Crippen molar-refractivity contribution in [1.82, 2.24) is 10.2 Å². The van der Waals surface area contributed by atoms with Gasteiger partial charge in [-0.3, -0.25) is 9.59 Å². The molecule has 2 aromatic carbocycles. The SMILES string of the molecule is CC(C(=O)NC1CCCC1)N(Cc1ccccc1F)C(=O)CSc1ccccc1. The van der Waals surface area contributed by atoms with Gasteiger partial charge in [-0.2, -0.15) is 0 Å². The number of thioether (sulfide) groups is 1. The number of benzene rings is 2. The predicted octanol–water partition coefficient (Wildman–Crippen LogP) is 4.39. The minimum atomic E-state index is -0.668. The summed E-state index contributed by atoms with van der Waals surface area (Å²) in [6.45, 7) is 1.79. The van der Waals surface area contributed by atoms with E-state index in [9.17, 15) is 14.0 Å². The largest absolute Gasteiger partial charge is 0.352 e. The minimum Gasteiger partial charge on any atom is -0.352 e. The summed E-state index contributed by atoms with van der Waals surface area (Å²) in [6.07, 6.45) is 4.18. The highest BCUT2D eigenvalue weighted by molar-refractivity contribution is 8.00. The summed E-state index contributed by atoms with van der Waals surface area (Å²) in [5.41, 5.74) is 0.408. The Bertz CT molecular complexity index is 825. The Balaban J connectivity index is 1.71. The van der Waals surface area contributed by atoms with E-state index in [4.69, 9.17) is 0 Å². The molecular formula is C23H27FN2O2S. The van der Waals surface area contributed by atoms with Crippen LogP contribution in [0.2, 0.25) is 0 Å². The molecule has 1 unspecified atom stereocenters. The fourth-order valence-electron chi connectivity index (χ4n) is 3.53. The monoisotopic (exact) mass is 414 g/mol. The molecular weight excluding hydrogens is 387 g/mol. The Hall–Kier alpha value is -2.34. The first kappa shape index (κ1) is 21.4. The van der Waals surface area contributed by atoms with Crippen molar-refractivity contribution in [2.45, 2.75) is 56.1 Å². The van der Waals surface area contributed by atoms with Gasteiger partial charge in [-0.1, -0.05) is 49.2 Å². The van der Waals surface area contributed by atoms with Gasteiger partial charge < -0.3 is 10.2 Å². The molecule has 1 N–H and O–H groups in total. The average Bonchev–Trinajstić information content (AvgIpc) is 3.24. The maximum atomic E-state index is 14.2. The number of carbonyl (C=O) groups is 2. The number of halogens is 1. The van der Waals surface area contributed by atoms with Crippen molar-refractivity contribution < 1.29 is 14.0 Å². The summed E-state index contributed by atoms with van der Waals surface area (Å²) >= 11 is 1.42. The predicted molar refractivity (Wildman–Crippen MR) is 114 cm³/mol. The van der Waals surface area contributed by atoms with E-state index < -0.39 is 6.04 Å². The minimum absolute atomic E-state index is 0.0696. The van der Waals surface area contributed by atoms with Crippen LogP contribution in [0.4, 0.5) is 4.39 Å². The molecule has 0 bridgehead atoms. The zero-order chi connectivity index (χ0) is 20.6. The third kappa shape index (κ3) is 6.07. The van der Waals surface area contributed by atoms with Gasteiger partial charge in [0.25, 0.3) is 0 Å². The molecule has 1 saturated carbocycles. The van der Waals surface area contributed by atoms with Crippen LogP contribution in [0.5, 0.6) is 0 Å². The van der Waals surface area contributed by atoms with Crippen molar-refractivity contribution in [3.8, 4) is 0 Å². The van der Waals surface area contributed by atoms with Crippen molar-refractivity contribution in [3.05, 3.63) is 66.0 Å². The van der Waals surface area contributed by atoms with Crippen LogP contribution in [0.3, 0.4) is 0 Å². The van der Waals surface area contributed by atoms with Crippen LogP contribution in [0.25, 0.3) is 0 Å². The van der Waals surface area contributed by atoms with E-state index in [1.165, 1.54) is 22.7 Å². The normalized spacial score (nSPS) is 15.1. The second-order valence-corrected chi connectivity index (χ2v) is 8.43. The van der Waals surface area contributed by atoms with Gasteiger partial charge in [0.15, 0.2) is 0 Å². The molecule has 1 fully saturated rings. The second-order valence-electron chi connectivity index (χ2n) is 7.38. The fraction of sp³-hybridized carbons (Fsp3) is 0.391. The van der Waals surface area contributed by atoms with Crippen molar-refractivity contribution in [1.29, 1.82) is 0 Å². The Morgan fingerprint density at radius 3 is 2.45 bits per heavy atom. The molecule has 4 nitrogen and oxygen atoms in total. The lowest BCUT2D eigenvalue weighted by atomic mass is 10.1. The molecule has 29 heavy (non-hydrogen) atoms. The number of nitrogens with one attached hydrogen (secondary N) is 1. The van der Waals surface area contributed by atoms with Crippen LogP contribution in [0.1, 0.15) is 38.2 Å². The summed E-state index contributed by atoms with van der Waals surface area (Å²) in [6, 6.07) is 15.5. The molecule has 2 aromatic rings. The van der Waals surface area contributed by atoms with Crippen LogP contribution in [-0.2, 0) is 16.1 Å². The van der Waals surface area contributed by atoms with E-state index in [1.54, 1.807) is 25.1 Å². The van der Waals surface area contributed by atoms with Crippen molar-refractivity contribution >= 4 is 23.6 Å². The van der Waals surface area contributed by atoms with Gasteiger partial charge in [0.2, 0.25) is 11.8 Å². The van der Waals surface area contributed by atoms with Gasteiger partial charge in [-0.05, 0) is 38.0 Å². The third-order valence-corrected chi connectivity index (χ3v) is 6.27. The Kier molecular flexibility index (Phi) is 7.69. The summed E-state index contributed by atoms with van der Waals surface area (Å²) in [5, 5.41) is 3.05. The maximum Gasteiger partial charge on any atom is 0.242 e. The number of amides is 2. The lowest BCUT2D eigenvalue weighted by molar-refractivity contribution is -0.139. The van der Waals surface area contributed by atoms with Gasteiger partial charge in [-0.25, -0.2) is 4.39 Å². The maximum absolute atomic E-state index is 14.2. The van der Waals surface area contributed by atoms with E-state index in [0.717, 1.165) is 30.6 Å². The summed E-state index contributed by atoms with van der Waals surface area (Å²) in [4.78, 5) is 28.3. The molecule has 1 atom stereocenters. The molecule has 0 saturated heterocycles. The summed E-state index contributed by atoms with van der Waals surface area (Å²) in [5.74, 6) is -0.536. The zero-order valence-electron chi connectivity index (χ0n) is 16.6. The average molecular weight is 415 g/mol. The molecule has 0 radical (unpaired) electrons. The van der Waals surface area contributed by atoms with E-state index in [1.807, 2.05) is 30.3 Å². The van der Waals surface area contributed by atoms with Gasteiger partial charge >= 0.3 is 0 Å². The molecule has 154 valence electrons. The first-order valence-corrected chi connectivity index (χ1v) is 11.0. The van der Waals surface area contributed by atoms with Crippen molar-refractivity contribution in [2.75, 3.05) is 5.75 Å². The van der Waals surface area contributed by atoms with Crippen molar-refractivity contribution in [3.63, 3.8) is 0 Å². The van der Waals surface area contributed by atoms with Crippen molar-refractivity contribution in [2.24, 2.45) is 0 Å². The van der Waals surface area contributed by atoms with Gasteiger partial charge in [0.1, 0.15) is 11.9 Å². The molecule has 6 heteroatoms. The number of carbonyl (C=O) groups excluding carboxylic acids is 2. The third-order valence-electron chi connectivity index (χ3n) is 5.27. The summed E-state index contributed by atoms with van der Waals surface area (Å²) < 4.78 is 14.2. The highest BCUT2D eigenvalue weighted by atomic mass is 32.2. The molecule has 0 aromatic heterocycles. The zero-order valence-corrected chi connectivity index (χ0v) is 17.5. The fourth-order valence-corrected chi connectivity index (χ4v) is 4.33. The Morgan fingerprint density at radius 2 is 1.76 bits per heavy atom. The van der Waals surface area contributed by atoms with E-state index in [0.29, 0.717) is 5.56 Å². The number of nitrogens with zero attached hydrogens (tertiary/aromatic N) is 1. The molecule has 2 amide bonds. The lowest BCUT2D eigenvalue weighted by Gasteiger charge is -2.29. The van der Waals surface area contributed by atoms with Crippen LogP contribution in [0.15, 0.2) is 59.5 Å². The molecule has 3 rings (SSSR count). The highest BCUT2D eigenvalue weighted by Gasteiger charge is 2.28. The van der Waals surface area contributed by atoms with E-state index >= 15 is 0 Å². The number of hydrogen-bond donors (Lipinski definition) is 1. The van der Waals surface area contributed by atoms with Gasteiger partial charge in [0, 0.05) is 23.0 Å². The first-order chi connectivity index (χ1) is 14.0. The lowest BCUT2D eigenvalue weighted by Crippen LogP contribution is -2.50. The Labute approximate surface area is 175 Å². The summed E-state index contributed by atoms with van der Waals surface area (Å²) in [7, 11) is 0. The van der Waals surface area contributed by atoms with Crippen LogP contribution in [-0.4, -0.2) is 34.6 Å². The quantitative estimate of drug-likeness (QED) is 0.652. The molecule has 0 heterocycles. The van der Waals surface area contributed by atoms with E-state index in [-0.39, 0.29) is 36.0 Å². The van der Waals surface area contributed by atoms with Crippen LogP contribution in [0, 0.1) is 5.82 Å². The molecule has 0 spiro atoms. The van der Waals surface area contributed by atoms with Crippen LogP contribution >= 0.6 is 11.8 Å². The Morgan fingerprint density at radius 1 is 1.10 bits per heavy atom. The molecule has 1 aliphatic rings. The number of hydrogen-bond acceptors (Lipinski definition) is 3.